The van der Waals surface area contributed by atoms with Gasteiger partial charge in [-0.3, -0.25) is 4.72 Å². The lowest BCUT2D eigenvalue weighted by atomic mass is 9.93. The van der Waals surface area contributed by atoms with Crippen LogP contribution in [0.4, 0.5) is 5.69 Å². The van der Waals surface area contributed by atoms with E-state index in [9.17, 15) is 13.5 Å². The van der Waals surface area contributed by atoms with Crippen LogP contribution in [0.25, 0.3) is 0 Å². The van der Waals surface area contributed by atoms with Crippen molar-refractivity contribution in [3.8, 4) is 0 Å². The van der Waals surface area contributed by atoms with Crippen molar-refractivity contribution in [3.05, 3.63) is 94.0 Å². The minimum atomic E-state index is -3.74. The van der Waals surface area contributed by atoms with Crippen molar-refractivity contribution in [1.29, 1.82) is 0 Å². The van der Waals surface area contributed by atoms with Gasteiger partial charge in [-0.2, -0.15) is 0 Å². The second-order valence-corrected chi connectivity index (χ2v) is 10.5. The van der Waals surface area contributed by atoms with Crippen molar-refractivity contribution in [2.24, 2.45) is 5.92 Å². The van der Waals surface area contributed by atoms with E-state index in [0.717, 1.165) is 12.0 Å². The molecule has 0 bridgehead atoms. The molecule has 0 aromatic heterocycles. The SMILES string of the molecule is Cc1ccc(S(=O)(=O)Nc2ccccc2C(O)C2CC2c2c(C)cc(C)cc2C)cc1. The van der Waals surface area contributed by atoms with Gasteiger partial charge in [-0.25, -0.2) is 8.42 Å². The van der Waals surface area contributed by atoms with Crippen LogP contribution in [-0.2, 0) is 10.0 Å². The molecule has 0 saturated heterocycles. The summed E-state index contributed by atoms with van der Waals surface area (Å²) in [6.45, 7) is 8.26. The maximum absolute atomic E-state index is 12.9. The number of nitrogens with one attached hydrogen (secondary N) is 1. The summed E-state index contributed by atoms with van der Waals surface area (Å²) in [5, 5.41) is 11.2. The minimum Gasteiger partial charge on any atom is -0.388 e. The molecule has 0 spiro atoms. The molecule has 1 fully saturated rings. The number of hydrogen-bond donors (Lipinski definition) is 2. The molecule has 3 aromatic carbocycles. The third-order valence-corrected chi connectivity index (χ3v) is 7.59. The highest BCUT2D eigenvalue weighted by Crippen LogP contribution is 2.56. The average Bonchev–Trinajstić information content (AvgIpc) is 3.47. The molecular weight excluding hydrogens is 406 g/mol. The number of sulfonamides is 1. The Labute approximate surface area is 185 Å². The fourth-order valence-electron chi connectivity index (χ4n) is 4.67. The van der Waals surface area contributed by atoms with Crippen LogP contribution in [0.15, 0.2) is 65.6 Å². The molecule has 0 heterocycles. The molecule has 3 aromatic rings. The number of aliphatic hydroxyl groups excluding tert-OH is 1. The van der Waals surface area contributed by atoms with Crippen LogP contribution >= 0.6 is 0 Å². The van der Waals surface area contributed by atoms with E-state index in [4.69, 9.17) is 0 Å². The number of benzene rings is 3. The van der Waals surface area contributed by atoms with Gasteiger partial charge in [0.05, 0.1) is 16.7 Å². The van der Waals surface area contributed by atoms with Gasteiger partial charge in [0.15, 0.2) is 0 Å². The Balaban J connectivity index is 1.59. The Morgan fingerprint density at radius 1 is 0.903 bits per heavy atom. The summed E-state index contributed by atoms with van der Waals surface area (Å²) in [5.41, 5.74) is 7.11. The maximum atomic E-state index is 12.9. The first-order valence-electron chi connectivity index (χ1n) is 10.6. The molecule has 162 valence electrons. The molecule has 0 aliphatic heterocycles. The van der Waals surface area contributed by atoms with Crippen molar-refractivity contribution in [2.75, 3.05) is 4.72 Å². The molecule has 4 rings (SSSR count). The van der Waals surface area contributed by atoms with Crippen LogP contribution in [0.5, 0.6) is 0 Å². The van der Waals surface area contributed by atoms with E-state index in [1.54, 1.807) is 36.4 Å². The number of aryl methyl sites for hydroxylation is 4. The first kappa shape index (κ1) is 21.6. The van der Waals surface area contributed by atoms with Crippen molar-refractivity contribution >= 4 is 15.7 Å². The molecule has 5 heteroatoms. The standard InChI is InChI=1S/C26H29NO3S/c1-16-9-11-20(12-10-16)31(29,30)27-24-8-6-5-7-21(24)26(28)23-15-22(23)25-18(3)13-17(2)14-19(25)4/h5-14,22-23,26-28H,15H2,1-4H3. The highest BCUT2D eigenvalue weighted by Gasteiger charge is 2.45. The molecular formula is C26H29NO3S. The number of hydrogen-bond acceptors (Lipinski definition) is 3. The largest absolute Gasteiger partial charge is 0.388 e. The van der Waals surface area contributed by atoms with Crippen molar-refractivity contribution in [1.82, 2.24) is 0 Å². The third-order valence-electron chi connectivity index (χ3n) is 6.21. The molecule has 4 nitrogen and oxygen atoms in total. The second-order valence-electron chi connectivity index (χ2n) is 8.77. The van der Waals surface area contributed by atoms with Crippen LogP contribution in [0.1, 0.15) is 51.8 Å². The van der Waals surface area contributed by atoms with Crippen LogP contribution in [0, 0.1) is 33.6 Å². The Kier molecular flexibility index (Phi) is 5.67. The molecule has 3 atom stereocenters. The van der Waals surface area contributed by atoms with Crippen LogP contribution in [-0.4, -0.2) is 13.5 Å². The van der Waals surface area contributed by atoms with Crippen molar-refractivity contribution in [2.45, 2.75) is 51.0 Å². The van der Waals surface area contributed by atoms with Gasteiger partial charge < -0.3 is 5.11 Å². The van der Waals surface area contributed by atoms with E-state index in [0.29, 0.717) is 11.3 Å². The molecule has 31 heavy (non-hydrogen) atoms. The van der Waals surface area contributed by atoms with E-state index in [2.05, 4.69) is 37.6 Å². The number of para-hydroxylation sites is 1. The number of rotatable bonds is 6. The van der Waals surface area contributed by atoms with Gasteiger partial charge in [-0.15, -0.1) is 0 Å². The fourth-order valence-corrected chi connectivity index (χ4v) is 5.76. The second kappa shape index (κ2) is 8.13. The van der Waals surface area contributed by atoms with E-state index >= 15 is 0 Å². The average molecular weight is 436 g/mol. The first-order chi connectivity index (χ1) is 14.7. The Morgan fingerprint density at radius 2 is 1.52 bits per heavy atom. The summed E-state index contributed by atoms with van der Waals surface area (Å²) >= 11 is 0. The zero-order chi connectivity index (χ0) is 22.3. The van der Waals surface area contributed by atoms with E-state index in [1.165, 1.54) is 22.3 Å². The smallest absolute Gasteiger partial charge is 0.261 e. The highest BCUT2D eigenvalue weighted by atomic mass is 32.2. The molecule has 0 radical (unpaired) electrons. The normalized spacial score (nSPS) is 19.1. The quantitative estimate of drug-likeness (QED) is 0.533. The topological polar surface area (TPSA) is 66.4 Å². The Bertz CT molecular complexity index is 1190. The molecule has 2 N–H and O–H groups in total. The zero-order valence-corrected chi connectivity index (χ0v) is 19.2. The molecule has 3 unspecified atom stereocenters. The lowest BCUT2D eigenvalue weighted by Gasteiger charge is -2.18. The highest BCUT2D eigenvalue weighted by molar-refractivity contribution is 7.92. The van der Waals surface area contributed by atoms with Crippen LogP contribution in [0.2, 0.25) is 0 Å². The van der Waals surface area contributed by atoms with Gasteiger partial charge in [0.25, 0.3) is 10.0 Å². The fraction of sp³-hybridized carbons (Fsp3) is 0.308. The first-order valence-corrected chi connectivity index (χ1v) is 12.1. The summed E-state index contributed by atoms with van der Waals surface area (Å²) in [6, 6.07) is 18.2. The Morgan fingerprint density at radius 3 is 2.16 bits per heavy atom. The predicted octanol–water partition coefficient (Wildman–Crippen LogP) is 5.56. The molecule has 1 aliphatic carbocycles. The van der Waals surface area contributed by atoms with Crippen molar-refractivity contribution in [3.63, 3.8) is 0 Å². The summed E-state index contributed by atoms with van der Waals surface area (Å²) in [7, 11) is -3.74. The predicted molar refractivity (Wildman–Crippen MR) is 125 cm³/mol. The monoisotopic (exact) mass is 435 g/mol. The van der Waals surface area contributed by atoms with Gasteiger partial charge in [-0.1, -0.05) is 53.6 Å². The lowest BCUT2D eigenvalue weighted by Crippen LogP contribution is -2.15. The summed E-state index contributed by atoms with van der Waals surface area (Å²) in [6.07, 6.45) is 0.160. The van der Waals surface area contributed by atoms with E-state index in [-0.39, 0.29) is 16.7 Å². The van der Waals surface area contributed by atoms with Gasteiger partial charge >= 0.3 is 0 Å². The van der Waals surface area contributed by atoms with Gasteiger partial charge in [0.2, 0.25) is 0 Å². The molecule has 1 saturated carbocycles. The maximum Gasteiger partial charge on any atom is 0.261 e. The molecule has 1 aliphatic rings. The lowest BCUT2D eigenvalue weighted by molar-refractivity contribution is 0.152. The summed E-state index contributed by atoms with van der Waals surface area (Å²) < 4.78 is 28.5. The van der Waals surface area contributed by atoms with Crippen molar-refractivity contribution < 1.29 is 13.5 Å². The van der Waals surface area contributed by atoms with Crippen LogP contribution < -0.4 is 4.72 Å². The minimum absolute atomic E-state index is 0.0742. The van der Waals surface area contributed by atoms with Gasteiger partial charge in [0, 0.05) is 5.56 Å². The van der Waals surface area contributed by atoms with E-state index in [1.807, 2.05) is 19.1 Å². The number of anilines is 1. The summed E-state index contributed by atoms with van der Waals surface area (Å²) in [4.78, 5) is 0.206. The summed E-state index contributed by atoms with van der Waals surface area (Å²) in [5.74, 6) is 0.363. The van der Waals surface area contributed by atoms with Crippen LogP contribution in [0.3, 0.4) is 0 Å². The van der Waals surface area contributed by atoms with Gasteiger partial charge in [0.1, 0.15) is 0 Å². The van der Waals surface area contributed by atoms with Gasteiger partial charge in [-0.05, 0) is 80.8 Å². The molecule has 0 amide bonds. The number of aliphatic hydroxyl groups is 1. The zero-order valence-electron chi connectivity index (χ0n) is 18.4. The third kappa shape index (κ3) is 4.39. The van der Waals surface area contributed by atoms with E-state index < -0.39 is 16.1 Å². The Hall–Kier alpha value is -2.63.